The maximum Gasteiger partial charge on any atom is 0.264 e. The van der Waals surface area contributed by atoms with E-state index in [2.05, 4.69) is 26.3 Å². The normalized spacial score (nSPS) is 18.1. The second-order valence-electron chi connectivity index (χ2n) is 5.31. The van der Waals surface area contributed by atoms with Crippen LogP contribution in [0.3, 0.4) is 0 Å². The number of hydrogen-bond donors (Lipinski definition) is 1. The van der Waals surface area contributed by atoms with Gasteiger partial charge in [-0.15, -0.1) is 11.3 Å². The molecule has 7 heteroatoms. The van der Waals surface area contributed by atoms with Crippen LogP contribution in [-0.4, -0.2) is 34.7 Å². The van der Waals surface area contributed by atoms with Crippen molar-refractivity contribution < 1.29 is 9.42 Å². The van der Waals surface area contributed by atoms with E-state index in [1.165, 1.54) is 11.3 Å². The Morgan fingerprint density at radius 1 is 1.52 bits per heavy atom. The fourth-order valence-corrected chi connectivity index (χ4v) is 3.57. The summed E-state index contributed by atoms with van der Waals surface area (Å²) in [6, 6.07) is 4.37. The Labute approximate surface area is 127 Å². The lowest BCUT2D eigenvalue weighted by molar-refractivity contribution is 0.0786. The summed E-state index contributed by atoms with van der Waals surface area (Å²) in [5.41, 5.74) is 1.41. The molecule has 1 fully saturated rings. The topological polar surface area (TPSA) is 71.3 Å². The predicted octanol–water partition coefficient (Wildman–Crippen LogP) is 2.14. The largest absolute Gasteiger partial charge is 0.335 e. The third kappa shape index (κ3) is 2.98. The van der Waals surface area contributed by atoms with E-state index in [9.17, 15) is 4.79 Å². The smallest absolute Gasteiger partial charge is 0.264 e. The van der Waals surface area contributed by atoms with Crippen LogP contribution in [0, 0.1) is 6.92 Å². The average Bonchev–Trinajstić information content (AvgIpc) is 3.18. The van der Waals surface area contributed by atoms with E-state index >= 15 is 0 Å². The molecule has 1 aliphatic rings. The second-order valence-corrected chi connectivity index (χ2v) is 6.42. The summed E-state index contributed by atoms with van der Waals surface area (Å²) in [4.78, 5) is 16.1. The molecule has 112 valence electrons. The van der Waals surface area contributed by atoms with Crippen molar-refractivity contribution in [1.82, 2.24) is 20.5 Å². The Kier molecular flexibility index (Phi) is 4.03. The summed E-state index contributed by atoms with van der Waals surface area (Å²) in [7, 11) is 1.77. The lowest BCUT2D eigenvalue weighted by Crippen LogP contribution is -2.25. The molecule has 1 N–H and O–H groups in total. The Hall–Kier alpha value is -1.73. The molecule has 2 aromatic heterocycles. The summed E-state index contributed by atoms with van der Waals surface area (Å²) < 4.78 is 4.66. The molecule has 21 heavy (non-hydrogen) atoms. The number of amides is 1. The number of nitrogens with one attached hydrogen (secondary N) is 1. The first kappa shape index (κ1) is 14.2. The van der Waals surface area contributed by atoms with Crippen LogP contribution >= 0.6 is 11.3 Å². The fraction of sp³-hybridized carbons (Fsp3) is 0.500. The molecule has 1 aliphatic heterocycles. The molecule has 0 spiro atoms. The van der Waals surface area contributed by atoms with Gasteiger partial charge in [0.05, 0.1) is 11.4 Å². The van der Waals surface area contributed by atoms with E-state index in [1.54, 1.807) is 23.3 Å². The quantitative estimate of drug-likeness (QED) is 0.937. The van der Waals surface area contributed by atoms with Crippen molar-refractivity contribution in [1.29, 1.82) is 0 Å². The first-order valence-electron chi connectivity index (χ1n) is 7.02. The maximum absolute atomic E-state index is 12.4. The van der Waals surface area contributed by atoms with Crippen LogP contribution in [0.2, 0.25) is 0 Å². The third-order valence-electron chi connectivity index (χ3n) is 3.72. The molecule has 1 atom stereocenters. The van der Waals surface area contributed by atoms with Gasteiger partial charge in [0.15, 0.2) is 0 Å². The lowest BCUT2D eigenvalue weighted by atomic mass is 10.2. The monoisotopic (exact) mass is 306 g/mol. The summed E-state index contributed by atoms with van der Waals surface area (Å²) in [5, 5.41) is 11.0. The Balaban J connectivity index is 1.68. The zero-order chi connectivity index (χ0) is 14.8. The first-order valence-corrected chi connectivity index (χ1v) is 7.83. The Morgan fingerprint density at radius 2 is 2.38 bits per heavy atom. The highest BCUT2D eigenvalue weighted by atomic mass is 32.1. The molecule has 3 rings (SSSR count). The van der Waals surface area contributed by atoms with Gasteiger partial charge in [-0.05, 0) is 38.4 Å². The zero-order valence-corrected chi connectivity index (χ0v) is 12.9. The van der Waals surface area contributed by atoms with Crippen LogP contribution in [0.4, 0.5) is 0 Å². The van der Waals surface area contributed by atoms with E-state index < -0.39 is 0 Å². The molecule has 6 nitrogen and oxygen atoms in total. The standard InChI is InChI=1S/C14H18N4O2S/c1-9-11(17-20-16-9)8-18(2)14(19)13-6-5-12(21-13)10-4-3-7-15-10/h5-6,10,15H,3-4,7-8H2,1-2H3. The fourth-order valence-electron chi connectivity index (χ4n) is 2.46. The van der Waals surface area contributed by atoms with Crippen LogP contribution < -0.4 is 5.32 Å². The van der Waals surface area contributed by atoms with Crippen molar-refractivity contribution in [2.75, 3.05) is 13.6 Å². The van der Waals surface area contributed by atoms with Gasteiger partial charge in [-0.2, -0.15) is 0 Å². The number of hydrogen-bond acceptors (Lipinski definition) is 6. The van der Waals surface area contributed by atoms with Gasteiger partial charge in [-0.1, -0.05) is 10.3 Å². The van der Waals surface area contributed by atoms with E-state index in [0.29, 0.717) is 18.3 Å². The maximum atomic E-state index is 12.4. The van der Waals surface area contributed by atoms with E-state index in [1.807, 2.05) is 13.0 Å². The minimum atomic E-state index is 0.00615. The minimum Gasteiger partial charge on any atom is -0.335 e. The average molecular weight is 306 g/mol. The third-order valence-corrected chi connectivity index (χ3v) is 4.91. The van der Waals surface area contributed by atoms with Gasteiger partial charge in [-0.3, -0.25) is 4.79 Å². The van der Waals surface area contributed by atoms with Gasteiger partial charge in [-0.25, -0.2) is 4.63 Å². The highest BCUT2D eigenvalue weighted by Crippen LogP contribution is 2.29. The predicted molar refractivity (Wildman–Crippen MR) is 79.1 cm³/mol. The molecule has 2 aromatic rings. The number of aromatic nitrogens is 2. The van der Waals surface area contributed by atoms with E-state index in [-0.39, 0.29) is 5.91 Å². The number of carbonyl (C=O) groups is 1. The molecular weight excluding hydrogens is 288 g/mol. The van der Waals surface area contributed by atoms with Crippen LogP contribution in [0.25, 0.3) is 0 Å². The van der Waals surface area contributed by atoms with Gasteiger partial charge in [0.2, 0.25) is 0 Å². The summed E-state index contributed by atoms with van der Waals surface area (Å²) >= 11 is 1.57. The highest BCUT2D eigenvalue weighted by molar-refractivity contribution is 7.14. The minimum absolute atomic E-state index is 0.00615. The highest BCUT2D eigenvalue weighted by Gasteiger charge is 2.21. The molecule has 0 aromatic carbocycles. The van der Waals surface area contributed by atoms with Gasteiger partial charge < -0.3 is 10.2 Å². The number of aryl methyl sites for hydroxylation is 1. The van der Waals surface area contributed by atoms with Crippen molar-refractivity contribution in [3.63, 3.8) is 0 Å². The SMILES string of the molecule is Cc1nonc1CN(C)C(=O)c1ccc(C2CCCN2)s1. The van der Waals surface area contributed by atoms with E-state index in [4.69, 9.17) is 0 Å². The number of nitrogens with zero attached hydrogens (tertiary/aromatic N) is 3. The number of rotatable bonds is 4. The Morgan fingerprint density at radius 3 is 3.05 bits per heavy atom. The van der Waals surface area contributed by atoms with Crippen LogP contribution in [0.15, 0.2) is 16.8 Å². The van der Waals surface area contributed by atoms with Crippen molar-refractivity contribution in [3.05, 3.63) is 33.3 Å². The summed E-state index contributed by atoms with van der Waals surface area (Å²) in [6.45, 7) is 3.28. The molecule has 1 saturated heterocycles. The molecule has 3 heterocycles. The van der Waals surface area contributed by atoms with Crippen molar-refractivity contribution in [3.8, 4) is 0 Å². The van der Waals surface area contributed by atoms with Crippen LogP contribution in [-0.2, 0) is 6.54 Å². The molecular formula is C14H18N4O2S. The number of carbonyl (C=O) groups excluding carboxylic acids is 1. The van der Waals surface area contributed by atoms with Gasteiger partial charge >= 0.3 is 0 Å². The molecule has 1 amide bonds. The van der Waals surface area contributed by atoms with Crippen molar-refractivity contribution >= 4 is 17.2 Å². The lowest BCUT2D eigenvalue weighted by Gasteiger charge is -2.14. The van der Waals surface area contributed by atoms with Crippen LogP contribution in [0.1, 0.15) is 44.8 Å². The second kappa shape index (κ2) is 5.95. The van der Waals surface area contributed by atoms with Crippen LogP contribution in [0.5, 0.6) is 0 Å². The molecule has 0 bridgehead atoms. The van der Waals surface area contributed by atoms with Gasteiger partial charge in [0.1, 0.15) is 11.4 Å². The Bertz CT molecular complexity index is 630. The number of thiophene rings is 1. The first-order chi connectivity index (χ1) is 10.1. The molecule has 0 saturated carbocycles. The van der Waals surface area contributed by atoms with E-state index in [0.717, 1.165) is 23.5 Å². The molecule has 1 unspecified atom stereocenters. The van der Waals surface area contributed by atoms with Crippen molar-refractivity contribution in [2.24, 2.45) is 0 Å². The van der Waals surface area contributed by atoms with Gasteiger partial charge in [0.25, 0.3) is 5.91 Å². The molecule has 0 radical (unpaired) electrons. The van der Waals surface area contributed by atoms with Crippen molar-refractivity contribution in [2.45, 2.75) is 32.4 Å². The molecule has 0 aliphatic carbocycles. The zero-order valence-electron chi connectivity index (χ0n) is 12.1. The summed E-state index contributed by atoms with van der Waals surface area (Å²) in [6.07, 6.45) is 2.35. The summed E-state index contributed by atoms with van der Waals surface area (Å²) in [5.74, 6) is 0.00615. The van der Waals surface area contributed by atoms with Gasteiger partial charge in [0, 0.05) is 18.0 Å².